The topological polar surface area (TPSA) is 58.1 Å². The van der Waals surface area contributed by atoms with Crippen LogP contribution < -0.4 is 10.2 Å². The lowest BCUT2D eigenvalue weighted by molar-refractivity contribution is -0.123. The molecule has 0 atom stereocenters. The molecule has 0 aromatic carbocycles. The molecule has 1 saturated carbocycles. The lowest BCUT2D eigenvalue weighted by atomic mass is 9.95. The van der Waals surface area contributed by atoms with Crippen LogP contribution >= 0.6 is 0 Å². The molecule has 2 aliphatic carbocycles. The highest BCUT2D eigenvalue weighted by atomic mass is 16.2. The average Bonchev–Trinajstić information content (AvgIpc) is 3.40. The smallest absolute Gasteiger partial charge is 0.223 e. The standard InChI is InChI=1S/C17H24N4O/c22-17(12-5-6-12)20-13-7-9-21(10-8-13)16-14-3-1-2-4-15(14)18-11-19-16/h11-13H,1-10H2,(H,20,22). The first-order chi connectivity index (χ1) is 10.8. The molecule has 1 amide bonds. The highest BCUT2D eigenvalue weighted by Crippen LogP contribution is 2.31. The molecule has 2 heterocycles. The Hall–Kier alpha value is -1.65. The van der Waals surface area contributed by atoms with E-state index in [-0.39, 0.29) is 5.91 Å². The third-order valence-electron chi connectivity index (χ3n) is 5.19. The van der Waals surface area contributed by atoms with Crippen molar-refractivity contribution in [3.05, 3.63) is 17.6 Å². The Kier molecular flexibility index (Phi) is 3.72. The maximum Gasteiger partial charge on any atom is 0.223 e. The summed E-state index contributed by atoms with van der Waals surface area (Å²) in [6.45, 7) is 1.97. The van der Waals surface area contributed by atoms with Crippen LogP contribution in [0, 0.1) is 5.92 Å². The first kappa shape index (κ1) is 14.0. The number of aromatic nitrogens is 2. The van der Waals surface area contributed by atoms with Gasteiger partial charge in [-0.15, -0.1) is 0 Å². The Morgan fingerprint density at radius 3 is 2.64 bits per heavy atom. The second-order valence-electron chi connectivity index (χ2n) is 6.87. The van der Waals surface area contributed by atoms with Crippen LogP contribution in [0.3, 0.4) is 0 Å². The quantitative estimate of drug-likeness (QED) is 0.925. The molecule has 118 valence electrons. The number of fused-ring (bicyclic) bond motifs is 1. The van der Waals surface area contributed by atoms with Gasteiger partial charge in [0.05, 0.1) is 0 Å². The summed E-state index contributed by atoms with van der Waals surface area (Å²) in [5.41, 5.74) is 2.62. The van der Waals surface area contributed by atoms with E-state index < -0.39 is 0 Å². The van der Waals surface area contributed by atoms with E-state index in [2.05, 4.69) is 20.2 Å². The Morgan fingerprint density at radius 2 is 1.86 bits per heavy atom. The maximum atomic E-state index is 11.9. The van der Waals surface area contributed by atoms with E-state index in [0.717, 1.165) is 57.4 Å². The van der Waals surface area contributed by atoms with Crippen LogP contribution in [0.1, 0.15) is 49.8 Å². The van der Waals surface area contributed by atoms with Crippen LogP contribution in [-0.4, -0.2) is 35.0 Å². The first-order valence-corrected chi connectivity index (χ1v) is 8.69. The van der Waals surface area contributed by atoms with Gasteiger partial charge < -0.3 is 10.2 Å². The molecule has 1 aliphatic heterocycles. The van der Waals surface area contributed by atoms with Crippen LogP contribution in [0.2, 0.25) is 0 Å². The molecule has 1 saturated heterocycles. The van der Waals surface area contributed by atoms with Gasteiger partial charge in [-0.3, -0.25) is 4.79 Å². The van der Waals surface area contributed by atoms with Gasteiger partial charge in [0.2, 0.25) is 5.91 Å². The van der Waals surface area contributed by atoms with E-state index in [0.29, 0.717) is 12.0 Å². The van der Waals surface area contributed by atoms with Crippen molar-refractivity contribution in [3.8, 4) is 0 Å². The van der Waals surface area contributed by atoms with Crippen LogP contribution in [-0.2, 0) is 17.6 Å². The number of aryl methyl sites for hydroxylation is 1. The minimum atomic E-state index is 0.276. The molecule has 3 aliphatic rings. The summed E-state index contributed by atoms with van der Waals surface area (Å²) < 4.78 is 0. The summed E-state index contributed by atoms with van der Waals surface area (Å²) in [5, 5.41) is 3.22. The van der Waals surface area contributed by atoms with Crippen LogP contribution in [0.15, 0.2) is 6.33 Å². The van der Waals surface area contributed by atoms with E-state index in [1.165, 1.54) is 24.1 Å². The van der Waals surface area contributed by atoms with E-state index >= 15 is 0 Å². The van der Waals surface area contributed by atoms with Gasteiger partial charge in [0.25, 0.3) is 0 Å². The zero-order valence-electron chi connectivity index (χ0n) is 13.1. The normalized spacial score (nSPS) is 22.3. The SMILES string of the molecule is O=C(NC1CCN(c2ncnc3c2CCCC3)CC1)C1CC1. The van der Waals surface area contributed by atoms with Gasteiger partial charge in [-0.25, -0.2) is 9.97 Å². The summed E-state index contributed by atoms with van der Waals surface area (Å²) in [7, 11) is 0. The predicted molar refractivity (Wildman–Crippen MR) is 84.8 cm³/mol. The lowest BCUT2D eigenvalue weighted by Gasteiger charge is -2.35. The molecule has 1 N–H and O–H groups in total. The van der Waals surface area contributed by atoms with Crippen LogP contribution in [0.5, 0.6) is 0 Å². The van der Waals surface area contributed by atoms with Gasteiger partial charge >= 0.3 is 0 Å². The van der Waals surface area contributed by atoms with Crippen molar-refractivity contribution in [2.24, 2.45) is 5.92 Å². The highest BCUT2D eigenvalue weighted by Gasteiger charge is 2.32. The minimum Gasteiger partial charge on any atom is -0.356 e. The van der Waals surface area contributed by atoms with Crippen molar-refractivity contribution in [3.63, 3.8) is 0 Å². The molecular weight excluding hydrogens is 276 g/mol. The van der Waals surface area contributed by atoms with Crippen molar-refractivity contribution >= 4 is 11.7 Å². The van der Waals surface area contributed by atoms with E-state index in [1.807, 2.05) is 0 Å². The molecule has 0 radical (unpaired) electrons. The molecule has 0 spiro atoms. The molecule has 5 nitrogen and oxygen atoms in total. The number of nitrogens with zero attached hydrogens (tertiary/aromatic N) is 3. The molecule has 22 heavy (non-hydrogen) atoms. The summed E-state index contributed by atoms with van der Waals surface area (Å²) in [6, 6.07) is 0.349. The molecule has 5 heteroatoms. The first-order valence-electron chi connectivity index (χ1n) is 8.69. The fourth-order valence-corrected chi connectivity index (χ4v) is 3.68. The van der Waals surface area contributed by atoms with Gasteiger partial charge in [-0.2, -0.15) is 0 Å². The fourth-order valence-electron chi connectivity index (χ4n) is 3.68. The molecule has 4 rings (SSSR count). The van der Waals surface area contributed by atoms with Crippen LogP contribution in [0.25, 0.3) is 0 Å². The van der Waals surface area contributed by atoms with Gasteiger partial charge in [0, 0.05) is 36.3 Å². The van der Waals surface area contributed by atoms with Crippen LogP contribution in [0.4, 0.5) is 5.82 Å². The number of amides is 1. The number of rotatable bonds is 3. The van der Waals surface area contributed by atoms with Crippen molar-refractivity contribution in [1.29, 1.82) is 0 Å². The van der Waals surface area contributed by atoms with Crippen molar-refractivity contribution in [2.45, 2.75) is 57.4 Å². The molecule has 2 fully saturated rings. The number of carbonyl (C=O) groups is 1. The summed E-state index contributed by atoms with van der Waals surface area (Å²) in [5.74, 6) is 1.74. The number of piperidine rings is 1. The molecule has 1 aromatic rings. The van der Waals surface area contributed by atoms with E-state index in [1.54, 1.807) is 6.33 Å². The Labute approximate surface area is 131 Å². The van der Waals surface area contributed by atoms with Gasteiger partial charge in [-0.1, -0.05) is 0 Å². The number of nitrogens with one attached hydrogen (secondary N) is 1. The highest BCUT2D eigenvalue weighted by molar-refractivity contribution is 5.81. The Bertz CT molecular complexity index is 562. The van der Waals surface area contributed by atoms with Gasteiger partial charge in [0.1, 0.15) is 12.1 Å². The minimum absolute atomic E-state index is 0.276. The summed E-state index contributed by atoms with van der Waals surface area (Å²) in [6.07, 6.45) is 10.6. The average molecular weight is 300 g/mol. The predicted octanol–water partition coefficient (Wildman–Crippen LogP) is 1.85. The summed E-state index contributed by atoms with van der Waals surface area (Å²) in [4.78, 5) is 23.3. The molecular formula is C17H24N4O. The monoisotopic (exact) mass is 300 g/mol. The fraction of sp³-hybridized carbons (Fsp3) is 0.706. The van der Waals surface area contributed by atoms with E-state index in [4.69, 9.17) is 0 Å². The van der Waals surface area contributed by atoms with Gasteiger partial charge in [0.15, 0.2) is 0 Å². The second-order valence-corrected chi connectivity index (χ2v) is 6.87. The molecule has 1 aromatic heterocycles. The largest absolute Gasteiger partial charge is 0.356 e. The number of hydrogen-bond acceptors (Lipinski definition) is 4. The van der Waals surface area contributed by atoms with Crippen molar-refractivity contribution < 1.29 is 4.79 Å². The third kappa shape index (κ3) is 2.81. The van der Waals surface area contributed by atoms with Crippen molar-refractivity contribution in [1.82, 2.24) is 15.3 Å². The molecule has 0 bridgehead atoms. The third-order valence-corrected chi connectivity index (χ3v) is 5.19. The zero-order chi connectivity index (χ0) is 14.9. The number of anilines is 1. The maximum absolute atomic E-state index is 11.9. The Balaban J connectivity index is 1.40. The zero-order valence-corrected chi connectivity index (χ0v) is 13.1. The van der Waals surface area contributed by atoms with Crippen molar-refractivity contribution in [2.75, 3.05) is 18.0 Å². The number of hydrogen-bond donors (Lipinski definition) is 1. The Morgan fingerprint density at radius 1 is 1.09 bits per heavy atom. The lowest BCUT2D eigenvalue weighted by Crippen LogP contribution is -2.45. The number of carbonyl (C=O) groups excluding carboxylic acids is 1. The summed E-state index contributed by atoms with van der Waals surface area (Å²) >= 11 is 0. The van der Waals surface area contributed by atoms with E-state index in [9.17, 15) is 4.79 Å². The second kappa shape index (κ2) is 5.86. The van der Waals surface area contributed by atoms with Gasteiger partial charge in [-0.05, 0) is 51.4 Å². The molecule has 0 unspecified atom stereocenters.